The van der Waals surface area contributed by atoms with Crippen LogP contribution in [0.5, 0.6) is 0 Å². The van der Waals surface area contributed by atoms with E-state index in [1.54, 1.807) is 10.7 Å². The second kappa shape index (κ2) is 7.72. The summed E-state index contributed by atoms with van der Waals surface area (Å²) in [6.45, 7) is 3.99. The van der Waals surface area contributed by atoms with Gasteiger partial charge in [0.05, 0.1) is 0 Å². The van der Waals surface area contributed by atoms with Crippen molar-refractivity contribution < 1.29 is 4.79 Å². The summed E-state index contributed by atoms with van der Waals surface area (Å²) in [7, 11) is 0. The number of nitrogens with zero attached hydrogens (tertiary/aromatic N) is 4. The largest absolute Gasteiger partial charge is 0.294 e. The van der Waals surface area contributed by atoms with Crippen LogP contribution in [0.25, 0.3) is 16.5 Å². The summed E-state index contributed by atoms with van der Waals surface area (Å²) in [5.41, 5.74) is 2.38. The molecule has 140 valence electrons. The molecule has 1 unspecified atom stereocenters. The molecule has 4 rings (SSSR count). The monoisotopic (exact) mass is 380 g/mol. The number of pyridine rings is 1. The van der Waals surface area contributed by atoms with Crippen LogP contribution in [0.4, 0.5) is 0 Å². The first-order chi connectivity index (χ1) is 13.2. The lowest BCUT2D eigenvalue weighted by molar-refractivity contribution is 0.0874. The third kappa shape index (κ3) is 3.58. The Morgan fingerprint density at radius 1 is 1.37 bits per heavy atom. The minimum Gasteiger partial charge on any atom is -0.294 e. The molecule has 0 amide bonds. The Hall–Kier alpha value is -2.34. The first-order valence-corrected chi connectivity index (χ1v) is 10.5. The van der Waals surface area contributed by atoms with Crippen molar-refractivity contribution in [1.29, 1.82) is 0 Å². The van der Waals surface area contributed by atoms with Gasteiger partial charge in [-0.25, -0.2) is 14.5 Å². The summed E-state index contributed by atoms with van der Waals surface area (Å²) in [5, 5.41) is 7.27. The summed E-state index contributed by atoms with van der Waals surface area (Å²) >= 11 is 1.51. The fraction of sp³-hybridized carbons (Fsp3) is 0.429. The Labute approximate surface area is 163 Å². The SMILES string of the molecule is C/C=C\CC(C(=O)c1cc(C)n2nc(-c3nccs3)nc2c1)C1CCCC1. The van der Waals surface area contributed by atoms with Crippen molar-refractivity contribution in [1.82, 2.24) is 19.6 Å². The van der Waals surface area contributed by atoms with Gasteiger partial charge in [0.2, 0.25) is 5.82 Å². The Bertz CT molecular complexity index is 968. The maximum Gasteiger partial charge on any atom is 0.211 e. The Balaban J connectivity index is 1.70. The first kappa shape index (κ1) is 18.0. The smallest absolute Gasteiger partial charge is 0.211 e. The zero-order valence-corrected chi connectivity index (χ0v) is 16.6. The summed E-state index contributed by atoms with van der Waals surface area (Å²) < 4.78 is 1.80. The second-order valence-electron chi connectivity index (χ2n) is 7.25. The summed E-state index contributed by atoms with van der Waals surface area (Å²) in [6.07, 6.45) is 11.5. The van der Waals surface area contributed by atoms with E-state index < -0.39 is 0 Å². The van der Waals surface area contributed by atoms with Gasteiger partial charge in [0.25, 0.3) is 0 Å². The van der Waals surface area contributed by atoms with Crippen molar-refractivity contribution >= 4 is 22.8 Å². The number of hydrogen-bond donors (Lipinski definition) is 0. The average molecular weight is 381 g/mol. The molecule has 5 nitrogen and oxygen atoms in total. The van der Waals surface area contributed by atoms with E-state index in [2.05, 4.69) is 21.1 Å². The van der Waals surface area contributed by atoms with Gasteiger partial charge in [-0.1, -0.05) is 25.0 Å². The predicted octanol–water partition coefficient (Wildman–Crippen LogP) is 5.12. The van der Waals surface area contributed by atoms with Gasteiger partial charge in [-0.15, -0.1) is 16.4 Å². The van der Waals surface area contributed by atoms with Gasteiger partial charge in [0.15, 0.2) is 16.4 Å². The van der Waals surface area contributed by atoms with Crippen LogP contribution >= 0.6 is 11.3 Å². The molecule has 6 heteroatoms. The van der Waals surface area contributed by atoms with E-state index in [1.165, 1.54) is 24.2 Å². The van der Waals surface area contributed by atoms with E-state index >= 15 is 0 Å². The maximum absolute atomic E-state index is 13.4. The number of fused-ring (bicyclic) bond motifs is 1. The van der Waals surface area contributed by atoms with Crippen LogP contribution in [0.15, 0.2) is 35.9 Å². The van der Waals surface area contributed by atoms with Crippen molar-refractivity contribution in [2.75, 3.05) is 0 Å². The summed E-state index contributed by atoms with van der Waals surface area (Å²) in [5.74, 6) is 1.41. The molecule has 0 bridgehead atoms. The van der Waals surface area contributed by atoms with E-state index in [0.717, 1.165) is 35.5 Å². The van der Waals surface area contributed by atoms with Crippen molar-refractivity contribution in [3.63, 3.8) is 0 Å². The van der Waals surface area contributed by atoms with Gasteiger partial charge in [0.1, 0.15) is 0 Å². The lowest BCUT2D eigenvalue weighted by Gasteiger charge is -2.21. The summed E-state index contributed by atoms with van der Waals surface area (Å²) in [4.78, 5) is 22.3. The highest BCUT2D eigenvalue weighted by atomic mass is 32.1. The number of hydrogen-bond acceptors (Lipinski definition) is 5. The van der Waals surface area contributed by atoms with Crippen LogP contribution in [0.2, 0.25) is 0 Å². The lowest BCUT2D eigenvalue weighted by Crippen LogP contribution is -2.22. The zero-order valence-electron chi connectivity index (χ0n) is 15.8. The number of thiazole rings is 1. The van der Waals surface area contributed by atoms with Crippen LogP contribution in [0.3, 0.4) is 0 Å². The molecular formula is C21H24N4OS. The third-order valence-corrected chi connectivity index (χ3v) is 6.22. The van der Waals surface area contributed by atoms with Gasteiger partial charge in [-0.2, -0.15) is 0 Å². The number of carbonyl (C=O) groups excluding carboxylic acids is 1. The van der Waals surface area contributed by atoms with Gasteiger partial charge in [0, 0.05) is 28.8 Å². The molecule has 27 heavy (non-hydrogen) atoms. The van der Waals surface area contributed by atoms with Crippen LogP contribution in [-0.2, 0) is 0 Å². The average Bonchev–Trinajstić information content (AvgIpc) is 3.41. The third-order valence-electron chi connectivity index (χ3n) is 5.45. The van der Waals surface area contributed by atoms with Crippen molar-refractivity contribution in [3.05, 3.63) is 47.1 Å². The van der Waals surface area contributed by atoms with E-state index in [4.69, 9.17) is 0 Å². The molecule has 0 aromatic carbocycles. The number of aromatic nitrogens is 4. The van der Waals surface area contributed by atoms with Crippen molar-refractivity contribution in [2.24, 2.45) is 11.8 Å². The molecule has 1 fully saturated rings. The van der Waals surface area contributed by atoms with Crippen LogP contribution in [0, 0.1) is 18.8 Å². The predicted molar refractivity (Wildman–Crippen MR) is 108 cm³/mol. The fourth-order valence-corrected chi connectivity index (χ4v) is 4.65. The summed E-state index contributed by atoms with van der Waals surface area (Å²) in [6, 6.07) is 3.84. The molecule has 3 aromatic heterocycles. The topological polar surface area (TPSA) is 60.2 Å². The number of rotatable bonds is 6. The van der Waals surface area contributed by atoms with Gasteiger partial charge >= 0.3 is 0 Å². The van der Waals surface area contributed by atoms with Gasteiger partial charge in [-0.3, -0.25) is 4.79 Å². The van der Waals surface area contributed by atoms with Gasteiger partial charge < -0.3 is 0 Å². The maximum atomic E-state index is 13.4. The molecule has 0 saturated heterocycles. The van der Waals surface area contributed by atoms with Crippen LogP contribution < -0.4 is 0 Å². The number of Topliss-reactive ketones (excluding diaryl/α,β-unsaturated/α-hetero) is 1. The van der Waals surface area contributed by atoms with E-state index in [0.29, 0.717) is 17.4 Å². The first-order valence-electron chi connectivity index (χ1n) is 9.60. The molecule has 0 radical (unpaired) electrons. The lowest BCUT2D eigenvalue weighted by atomic mass is 9.82. The molecule has 0 N–H and O–H groups in total. The molecule has 1 aliphatic carbocycles. The van der Waals surface area contributed by atoms with E-state index in [9.17, 15) is 4.79 Å². The number of carbonyl (C=O) groups is 1. The molecule has 3 aromatic rings. The normalized spacial score (nSPS) is 16.5. The molecule has 1 aliphatic rings. The van der Waals surface area contributed by atoms with E-state index in [1.807, 2.05) is 37.4 Å². The molecular weight excluding hydrogens is 356 g/mol. The highest BCUT2D eigenvalue weighted by Gasteiger charge is 2.30. The number of allylic oxidation sites excluding steroid dienone is 2. The second-order valence-corrected chi connectivity index (χ2v) is 8.14. The van der Waals surface area contributed by atoms with Gasteiger partial charge in [-0.05, 0) is 51.2 Å². The van der Waals surface area contributed by atoms with Crippen LogP contribution in [0.1, 0.15) is 55.1 Å². The Morgan fingerprint density at radius 2 is 2.19 bits per heavy atom. The fourth-order valence-electron chi connectivity index (χ4n) is 4.08. The zero-order chi connectivity index (χ0) is 18.8. The standard InChI is InChI=1S/C21H24N4OS/c1-3-4-9-17(15-7-5-6-8-15)19(26)16-12-14(2)25-18(13-16)23-20(24-25)21-22-10-11-27-21/h3-4,10-13,15,17H,5-9H2,1-2H3/b4-3-. The minimum atomic E-state index is 0.0619. The minimum absolute atomic E-state index is 0.0619. The number of aryl methyl sites for hydroxylation is 1. The molecule has 1 atom stereocenters. The molecule has 0 aliphatic heterocycles. The van der Waals surface area contributed by atoms with E-state index in [-0.39, 0.29) is 11.7 Å². The van der Waals surface area contributed by atoms with Crippen molar-refractivity contribution in [3.8, 4) is 10.8 Å². The number of ketones is 1. The highest BCUT2D eigenvalue weighted by Crippen LogP contribution is 2.35. The van der Waals surface area contributed by atoms with Crippen molar-refractivity contribution in [2.45, 2.75) is 46.0 Å². The molecule has 1 saturated carbocycles. The highest BCUT2D eigenvalue weighted by molar-refractivity contribution is 7.13. The quantitative estimate of drug-likeness (QED) is 0.440. The Morgan fingerprint density at radius 3 is 2.89 bits per heavy atom. The van der Waals surface area contributed by atoms with Crippen LogP contribution in [-0.4, -0.2) is 25.4 Å². The molecule has 3 heterocycles. The Kier molecular flexibility index (Phi) is 5.16. The molecule has 0 spiro atoms.